The highest BCUT2D eigenvalue weighted by molar-refractivity contribution is 5.94. The molecule has 2 N–H and O–H groups in total. The maximum Gasteiger partial charge on any atom is 0.253 e. The first-order valence-corrected chi connectivity index (χ1v) is 4.30. The molecule has 1 aliphatic carbocycles. The predicted molar refractivity (Wildman–Crippen MR) is 48.1 cm³/mol. The highest BCUT2D eigenvalue weighted by atomic mass is 16.3. The SMILES string of the molecule is O=C(NC1(O)CC1)c1ccccc1. The number of carbonyl (C=O) groups is 1. The second kappa shape index (κ2) is 2.85. The Labute approximate surface area is 76.4 Å². The maximum absolute atomic E-state index is 11.4. The molecule has 1 fully saturated rings. The average molecular weight is 177 g/mol. The van der Waals surface area contributed by atoms with Crippen LogP contribution in [-0.4, -0.2) is 16.7 Å². The van der Waals surface area contributed by atoms with E-state index in [-0.39, 0.29) is 5.91 Å². The van der Waals surface area contributed by atoms with E-state index >= 15 is 0 Å². The van der Waals surface area contributed by atoms with E-state index in [2.05, 4.69) is 5.32 Å². The summed E-state index contributed by atoms with van der Waals surface area (Å²) in [5.74, 6) is -0.208. The summed E-state index contributed by atoms with van der Waals surface area (Å²) >= 11 is 0. The highest BCUT2D eigenvalue weighted by Gasteiger charge is 2.41. The molecule has 1 amide bonds. The van der Waals surface area contributed by atoms with E-state index in [9.17, 15) is 9.90 Å². The maximum atomic E-state index is 11.4. The van der Waals surface area contributed by atoms with Gasteiger partial charge in [-0.1, -0.05) is 18.2 Å². The van der Waals surface area contributed by atoms with Crippen LogP contribution in [0.25, 0.3) is 0 Å². The summed E-state index contributed by atoms with van der Waals surface area (Å²) in [5.41, 5.74) is -0.338. The van der Waals surface area contributed by atoms with Crippen LogP contribution in [0, 0.1) is 0 Å². The van der Waals surface area contributed by atoms with Crippen molar-refractivity contribution < 1.29 is 9.90 Å². The number of rotatable bonds is 2. The van der Waals surface area contributed by atoms with E-state index in [1.807, 2.05) is 6.07 Å². The molecule has 0 spiro atoms. The lowest BCUT2D eigenvalue weighted by Gasteiger charge is -2.09. The molecule has 1 aromatic rings. The minimum atomic E-state index is -0.924. The molecule has 0 radical (unpaired) electrons. The molecule has 0 unspecified atom stereocenters. The zero-order valence-corrected chi connectivity index (χ0v) is 7.16. The third kappa shape index (κ3) is 1.87. The molecule has 0 aromatic heterocycles. The molecular formula is C10H11NO2. The van der Waals surface area contributed by atoms with Crippen molar-refractivity contribution in [2.75, 3.05) is 0 Å². The number of benzene rings is 1. The van der Waals surface area contributed by atoms with Gasteiger partial charge in [-0.25, -0.2) is 0 Å². The zero-order chi connectivity index (χ0) is 9.31. The molecule has 68 valence electrons. The van der Waals surface area contributed by atoms with Crippen molar-refractivity contribution in [2.24, 2.45) is 0 Å². The second-order valence-corrected chi connectivity index (χ2v) is 3.35. The van der Waals surface area contributed by atoms with Gasteiger partial charge in [0, 0.05) is 5.56 Å². The Balaban J connectivity index is 2.06. The van der Waals surface area contributed by atoms with Crippen LogP contribution >= 0.6 is 0 Å². The van der Waals surface area contributed by atoms with Gasteiger partial charge in [-0.3, -0.25) is 4.79 Å². The Morgan fingerprint density at radius 1 is 1.31 bits per heavy atom. The van der Waals surface area contributed by atoms with Crippen molar-refractivity contribution in [3.8, 4) is 0 Å². The lowest BCUT2D eigenvalue weighted by Crippen LogP contribution is -2.36. The lowest BCUT2D eigenvalue weighted by molar-refractivity contribution is 0.0715. The summed E-state index contributed by atoms with van der Waals surface area (Å²) < 4.78 is 0. The zero-order valence-electron chi connectivity index (χ0n) is 7.16. The lowest BCUT2D eigenvalue weighted by atomic mass is 10.2. The van der Waals surface area contributed by atoms with Gasteiger partial charge in [0.25, 0.3) is 5.91 Å². The smallest absolute Gasteiger partial charge is 0.253 e. The van der Waals surface area contributed by atoms with Crippen molar-refractivity contribution >= 4 is 5.91 Å². The van der Waals surface area contributed by atoms with E-state index in [0.717, 1.165) is 0 Å². The van der Waals surface area contributed by atoms with Gasteiger partial charge in [0.2, 0.25) is 0 Å². The van der Waals surface area contributed by atoms with Gasteiger partial charge >= 0.3 is 0 Å². The first-order chi connectivity index (χ1) is 6.20. The third-order valence-electron chi connectivity index (χ3n) is 2.11. The Kier molecular flexibility index (Phi) is 1.81. The fraction of sp³-hybridized carbons (Fsp3) is 0.300. The van der Waals surface area contributed by atoms with Gasteiger partial charge in [-0.2, -0.15) is 0 Å². The fourth-order valence-corrected chi connectivity index (χ4v) is 1.12. The van der Waals surface area contributed by atoms with E-state index in [4.69, 9.17) is 0 Å². The molecule has 0 atom stereocenters. The van der Waals surface area contributed by atoms with Gasteiger partial charge in [-0.05, 0) is 25.0 Å². The molecule has 3 nitrogen and oxygen atoms in total. The molecule has 1 saturated carbocycles. The van der Waals surface area contributed by atoms with Crippen LogP contribution in [-0.2, 0) is 0 Å². The Bertz CT molecular complexity index is 317. The van der Waals surface area contributed by atoms with Gasteiger partial charge in [0.15, 0.2) is 0 Å². The largest absolute Gasteiger partial charge is 0.371 e. The summed E-state index contributed by atoms with van der Waals surface area (Å²) in [6, 6.07) is 8.89. The van der Waals surface area contributed by atoms with Crippen molar-refractivity contribution in [3.63, 3.8) is 0 Å². The monoisotopic (exact) mass is 177 g/mol. The molecule has 0 heterocycles. The summed E-state index contributed by atoms with van der Waals surface area (Å²) in [4.78, 5) is 11.4. The van der Waals surface area contributed by atoms with Gasteiger partial charge in [0.05, 0.1) is 0 Å². The van der Waals surface area contributed by atoms with Crippen LogP contribution in [0.5, 0.6) is 0 Å². The van der Waals surface area contributed by atoms with Crippen LogP contribution in [0.15, 0.2) is 30.3 Å². The van der Waals surface area contributed by atoms with E-state index in [1.54, 1.807) is 24.3 Å². The minimum Gasteiger partial charge on any atom is -0.371 e. The van der Waals surface area contributed by atoms with Gasteiger partial charge in [0.1, 0.15) is 5.72 Å². The molecule has 2 rings (SSSR count). The first kappa shape index (κ1) is 8.26. The fourth-order valence-electron chi connectivity index (χ4n) is 1.12. The van der Waals surface area contributed by atoms with Crippen LogP contribution in [0.2, 0.25) is 0 Å². The van der Waals surface area contributed by atoms with Crippen molar-refractivity contribution in [1.29, 1.82) is 0 Å². The van der Waals surface area contributed by atoms with Crippen LogP contribution in [0.3, 0.4) is 0 Å². The topological polar surface area (TPSA) is 49.3 Å². The molecular weight excluding hydrogens is 166 g/mol. The van der Waals surface area contributed by atoms with E-state index < -0.39 is 5.72 Å². The number of carbonyl (C=O) groups excluding carboxylic acids is 1. The minimum absolute atomic E-state index is 0.208. The highest BCUT2D eigenvalue weighted by Crippen LogP contribution is 2.31. The van der Waals surface area contributed by atoms with Crippen LogP contribution in [0.4, 0.5) is 0 Å². The summed E-state index contributed by atoms with van der Waals surface area (Å²) in [5, 5.41) is 12.0. The Morgan fingerprint density at radius 3 is 2.46 bits per heavy atom. The summed E-state index contributed by atoms with van der Waals surface area (Å²) in [6.07, 6.45) is 1.32. The second-order valence-electron chi connectivity index (χ2n) is 3.35. The normalized spacial score (nSPS) is 17.9. The van der Waals surface area contributed by atoms with Crippen molar-refractivity contribution in [2.45, 2.75) is 18.6 Å². The molecule has 1 aliphatic rings. The van der Waals surface area contributed by atoms with E-state index in [0.29, 0.717) is 18.4 Å². The predicted octanol–water partition coefficient (Wildman–Crippen LogP) is 0.899. The van der Waals surface area contributed by atoms with Crippen molar-refractivity contribution in [1.82, 2.24) is 5.32 Å². The third-order valence-corrected chi connectivity index (χ3v) is 2.11. The molecule has 1 aromatic carbocycles. The molecule has 0 saturated heterocycles. The first-order valence-electron chi connectivity index (χ1n) is 4.30. The van der Waals surface area contributed by atoms with Gasteiger partial charge < -0.3 is 10.4 Å². The van der Waals surface area contributed by atoms with Crippen molar-refractivity contribution in [3.05, 3.63) is 35.9 Å². The number of hydrogen-bond acceptors (Lipinski definition) is 2. The van der Waals surface area contributed by atoms with Crippen LogP contribution in [0.1, 0.15) is 23.2 Å². The number of hydrogen-bond donors (Lipinski definition) is 2. The molecule has 0 aliphatic heterocycles. The van der Waals surface area contributed by atoms with Gasteiger partial charge in [-0.15, -0.1) is 0 Å². The number of nitrogens with one attached hydrogen (secondary N) is 1. The van der Waals surface area contributed by atoms with Crippen LogP contribution < -0.4 is 5.32 Å². The summed E-state index contributed by atoms with van der Waals surface area (Å²) in [6.45, 7) is 0. The molecule has 13 heavy (non-hydrogen) atoms. The Hall–Kier alpha value is -1.35. The molecule has 3 heteroatoms. The average Bonchev–Trinajstić information content (AvgIpc) is 2.85. The summed E-state index contributed by atoms with van der Waals surface area (Å²) in [7, 11) is 0. The standard InChI is InChI=1S/C10H11NO2/c12-9(11-10(13)6-7-10)8-4-2-1-3-5-8/h1-5,13H,6-7H2,(H,11,12). The Morgan fingerprint density at radius 2 is 1.92 bits per heavy atom. The van der Waals surface area contributed by atoms with E-state index in [1.165, 1.54) is 0 Å². The number of aliphatic hydroxyl groups is 1. The number of amides is 1. The quantitative estimate of drug-likeness (QED) is 0.659. The molecule has 0 bridgehead atoms.